The van der Waals surface area contributed by atoms with Gasteiger partial charge in [-0.05, 0) is 30.9 Å². The molecule has 6 nitrogen and oxygen atoms in total. The van der Waals surface area contributed by atoms with Gasteiger partial charge in [0.05, 0.1) is 18.4 Å². The fourth-order valence-corrected chi connectivity index (χ4v) is 5.02. The van der Waals surface area contributed by atoms with E-state index in [1.165, 1.54) is 16.6 Å². The summed E-state index contributed by atoms with van der Waals surface area (Å²) >= 11 is 3.17. The zero-order valence-electron chi connectivity index (χ0n) is 17.0. The van der Waals surface area contributed by atoms with Crippen LogP contribution in [0.2, 0.25) is 0 Å². The van der Waals surface area contributed by atoms with E-state index in [1.807, 2.05) is 30.3 Å². The van der Waals surface area contributed by atoms with E-state index in [0.29, 0.717) is 18.8 Å². The number of hydrogen-bond donors (Lipinski definition) is 1. The van der Waals surface area contributed by atoms with Gasteiger partial charge in [0.2, 0.25) is 5.91 Å². The van der Waals surface area contributed by atoms with E-state index in [2.05, 4.69) is 38.5 Å². The van der Waals surface area contributed by atoms with Crippen LogP contribution in [0, 0.1) is 0 Å². The van der Waals surface area contributed by atoms with Crippen molar-refractivity contribution in [3.05, 3.63) is 52.2 Å². The van der Waals surface area contributed by atoms with E-state index in [4.69, 9.17) is 4.74 Å². The molecule has 2 aromatic heterocycles. The molecular formula is C22H26N4O2S2. The molecule has 1 aliphatic rings. The lowest BCUT2D eigenvalue weighted by atomic mass is 10.2. The SMILES string of the molecule is CCc1cc(-c2nnc(SCC(=O)NCc3ccccc3)n2CC2CCCO2)cs1. The standard InChI is InChI=1S/C22H26N4O2S2/c1-2-19-11-17(14-29-19)21-24-25-22(26(21)13-18-9-6-10-28-18)30-15-20(27)23-12-16-7-4-3-5-8-16/h3-5,7-8,11,14,18H,2,6,9-10,12-13,15H2,1H3,(H,23,27). The number of amides is 1. The van der Waals surface area contributed by atoms with Gasteiger partial charge in [0.15, 0.2) is 11.0 Å². The smallest absolute Gasteiger partial charge is 0.230 e. The second-order valence-corrected chi connectivity index (χ2v) is 9.20. The number of thiophene rings is 1. The first-order chi connectivity index (χ1) is 14.7. The second-order valence-electron chi connectivity index (χ2n) is 7.26. The normalized spacial score (nSPS) is 16.1. The summed E-state index contributed by atoms with van der Waals surface area (Å²) in [5.41, 5.74) is 2.17. The first kappa shape index (κ1) is 21.1. The number of nitrogens with zero attached hydrogens (tertiary/aromatic N) is 3. The predicted octanol–water partition coefficient (Wildman–Crippen LogP) is 4.16. The number of hydrogen-bond acceptors (Lipinski definition) is 6. The Morgan fingerprint density at radius 3 is 2.93 bits per heavy atom. The molecule has 30 heavy (non-hydrogen) atoms. The topological polar surface area (TPSA) is 69.0 Å². The molecule has 0 saturated carbocycles. The Morgan fingerprint density at radius 2 is 2.20 bits per heavy atom. The molecule has 1 aromatic carbocycles. The molecule has 3 heterocycles. The average molecular weight is 443 g/mol. The van der Waals surface area contributed by atoms with Crippen molar-refractivity contribution in [3.8, 4) is 11.4 Å². The van der Waals surface area contributed by atoms with E-state index in [1.54, 1.807) is 11.3 Å². The van der Waals surface area contributed by atoms with Crippen molar-refractivity contribution in [1.82, 2.24) is 20.1 Å². The Bertz CT molecular complexity index is 965. The van der Waals surface area contributed by atoms with Crippen LogP contribution in [-0.2, 0) is 29.0 Å². The van der Waals surface area contributed by atoms with Crippen LogP contribution in [-0.4, -0.2) is 39.1 Å². The summed E-state index contributed by atoms with van der Waals surface area (Å²) in [6, 6.07) is 12.1. The predicted molar refractivity (Wildman–Crippen MR) is 121 cm³/mol. The maximum absolute atomic E-state index is 12.4. The molecule has 0 aliphatic carbocycles. The summed E-state index contributed by atoms with van der Waals surface area (Å²) in [5, 5.41) is 14.7. The molecule has 1 unspecified atom stereocenters. The highest BCUT2D eigenvalue weighted by atomic mass is 32.2. The number of aryl methyl sites for hydroxylation is 1. The third kappa shape index (κ3) is 5.30. The summed E-state index contributed by atoms with van der Waals surface area (Å²) in [4.78, 5) is 13.7. The zero-order valence-corrected chi connectivity index (χ0v) is 18.7. The van der Waals surface area contributed by atoms with Crippen LogP contribution in [0.25, 0.3) is 11.4 Å². The number of carbonyl (C=O) groups excluding carboxylic acids is 1. The van der Waals surface area contributed by atoms with Crippen molar-refractivity contribution in [2.45, 2.75) is 50.5 Å². The van der Waals surface area contributed by atoms with Gasteiger partial charge >= 0.3 is 0 Å². The van der Waals surface area contributed by atoms with Crippen molar-refractivity contribution in [2.24, 2.45) is 0 Å². The van der Waals surface area contributed by atoms with Crippen molar-refractivity contribution in [3.63, 3.8) is 0 Å². The molecule has 1 aliphatic heterocycles. The van der Waals surface area contributed by atoms with Gasteiger partial charge in [0.25, 0.3) is 0 Å². The van der Waals surface area contributed by atoms with E-state index in [0.717, 1.165) is 48.0 Å². The Morgan fingerprint density at radius 1 is 1.33 bits per heavy atom. The van der Waals surface area contributed by atoms with E-state index < -0.39 is 0 Å². The van der Waals surface area contributed by atoms with Gasteiger partial charge in [-0.3, -0.25) is 9.36 Å². The quantitative estimate of drug-likeness (QED) is 0.504. The van der Waals surface area contributed by atoms with Gasteiger partial charge in [-0.1, -0.05) is 49.0 Å². The van der Waals surface area contributed by atoms with Gasteiger partial charge in [-0.25, -0.2) is 0 Å². The van der Waals surface area contributed by atoms with Crippen molar-refractivity contribution in [2.75, 3.05) is 12.4 Å². The lowest BCUT2D eigenvalue weighted by Crippen LogP contribution is -2.25. The van der Waals surface area contributed by atoms with Crippen LogP contribution in [0.5, 0.6) is 0 Å². The lowest BCUT2D eigenvalue weighted by Gasteiger charge is -2.14. The summed E-state index contributed by atoms with van der Waals surface area (Å²) in [5.74, 6) is 1.15. The highest BCUT2D eigenvalue weighted by Crippen LogP contribution is 2.29. The van der Waals surface area contributed by atoms with E-state index in [-0.39, 0.29) is 12.0 Å². The molecular weight excluding hydrogens is 416 g/mol. The first-order valence-electron chi connectivity index (χ1n) is 10.3. The maximum Gasteiger partial charge on any atom is 0.230 e. The molecule has 8 heteroatoms. The Labute approximate surface area is 185 Å². The Balaban J connectivity index is 1.44. The minimum atomic E-state index is -0.0131. The van der Waals surface area contributed by atoms with Gasteiger partial charge in [0.1, 0.15) is 0 Å². The lowest BCUT2D eigenvalue weighted by molar-refractivity contribution is -0.118. The molecule has 0 radical (unpaired) electrons. The molecule has 1 amide bonds. The van der Waals surface area contributed by atoms with Crippen LogP contribution in [0.15, 0.2) is 46.9 Å². The molecule has 1 atom stereocenters. The molecule has 0 bridgehead atoms. The third-order valence-electron chi connectivity index (χ3n) is 5.05. The van der Waals surface area contributed by atoms with E-state index >= 15 is 0 Å². The molecule has 1 fully saturated rings. The highest BCUT2D eigenvalue weighted by Gasteiger charge is 2.22. The Hall–Kier alpha value is -2.16. The molecule has 4 rings (SSSR count). The molecule has 1 saturated heterocycles. The largest absolute Gasteiger partial charge is 0.376 e. The fraction of sp³-hybridized carbons (Fsp3) is 0.409. The third-order valence-corrected chi connectivity index (χ3v) is 7.10. The number of ether oxygens (including phenoxy) is 1. The van der Waals surface area contributed by atoms with Crippen molar-refractivity contribution >= 4 is 29.0 Å². The zero-order chi connectivity index (χ0) is 20.8. The fourth-order valence-electron chi connectivity index (χ4n) is 3.43. The summed E-state index contributed by atoms with van der Waals surface area (Å²) in [6.45, 7) is 4.21. The maximum atomic E-state index is 12.4. The van der Waals surface area contributed by atoms with Crippen LogP contribution in [0.4, 0.5) is 0 Å². The molecule has 3 aromatic rings. The minimum absolute atomic E-state index is 0.0131. The van der Waals surface area contributed by atoms with Crippen LogP contribution in [0.1, 0.15) is 30.2 Å². The van der Waals surface area contributed by atoms with Crippen molar-refractivity contribution in [1.29, 1.82) is 0 Å². The van der Waals surface area contributed by atoms with Gasteiger partial charge in [-0.15, -0.1) is 21.5 Å². The van der Waals surface area contributed by atoms with Crippen LogP contribution >= 0.6 is 23.1 Å². The summed E-state index contributed by atoms with van der Waals surface area (Å²) < 4.78 is 7.97. The number of nitrogens with one attached hydrogen (secondary N) is 1. The molecule has 0 spiro atoms. The highest BCUT2D eigenvalue weighted by molar-refractivity contribution is 7.99. The summed E-state index contributed by atoms with van der Waals surface area (Å²) in [7, 11) is 0. The number of rotatable bonds is 9. The van der Waals surface area contributed by atoms with Crippen LogP contribution < -0.4 is 5.32 Å². The number of carbonyl (C=O) groups is 1. The first-order valence-corrected chi connectivity index (χ1v) is 12.2. The minimum Gasteiger partial charge on any atom is -0.376 e. The van der Waals surface area contributed by atoms with E-state index in [9.17, 15) is 4.79 Å². The Kier molecular flexibility index (Phi) is 7.20. The molecule has 1 N–H and O–H groups in total. The van der Waals surface area contributed by atoms with Gasteiger partial charge < -0.3 is 10.1 Å². The van der Waals surface area contributed by atoms with Gasteiger partial charge in [-0.2, -0.15) is 0 Å². The number of aromatic nitrogens is 3. The number of benzene rings is 1. The summed E-state index contributed by atoms with van der Waals surface area (Å²) in [6.07, 6.45) is 3.32. The van der Waals surface area contributed by atoms with Crippen LogP contribution in [0.3, 0.4) is 0 Å². The average Bonchev–Trinajstić information content (AvgIpc) is 3.53. The second kappa shape index (κ2) is 10.2. The molecule has 158 valence electrons. The van der Waals surface area contributed by atoms with Gasteiger partial charge in [0, 0.05) is 29.0 Å². The number of thioether (sulfide) groups is 1. The monoisotopic (exact) mass is 442 g/mol. The van der Waals surface area contributed by atoms with Crippen molar-refractivity contribution < 1.29 is 9.53 Å².